The van der Waals surface area contributed by atoms with Crippen LogP contribution in [0, 0.1) is 5.92 Å². The number of carbonyl (C=O) groups is 2. The van der Waals surface area contributed by atoms with Gasteiger partial charge in [-0.1, -0.05) is 23.8 Å². The highest BCUT2D eigenvalue weighted by Crippen LogP contribution is 2.40. The molecular formula is C21H19ClFN3O3. The highest BCUT2D eigenvalue weighted by Gasteiger charge is 2.32. The van der Waals surface area contributed by atoms with Crippen LogP contribution in [-0.4, -0.2) is 40.0 Å². The molecule has 1 aliphatic heterocycles. The number of aryl methyl sites for hydroxylation is 1. The van der Waals surface area contributed by atoms with Gasteiger partial charge in [-0.25, -0.2) is 4.39 Å². The number of halogens is 2. The number of hydrogen-bond acceptors (Lipinski definition) is 4. The zero-order valence-corrected chi connectivity index (χ0v) is 16.5. The molecule has 1 atom stereocenters. The van der Waals surface area contributed by atoms with E-state index in [1.165, 1.54) is 11.0 Å². The predicted octanol–water partition coefficient (Wildman–Crippen LogP) is 3.70. The molecule has 150 valence electrons. The summed E-state index contributed by atoms with van der Waals surface area (Å²) in [7, 11) is 1.74. The van der Waals surface area contributed by atoms with Crippen molar-refractivity contribution in [2.24, 2.45) is 13.0 Å². The molecule has 0 fully saturated rings. The van der Waals surface area contributed by atoms with Gasteiger partial charge in [-0.2, -0.15) is 5.10 Å². The average molecular weight is 416 g/mol. The van der Waals surface area contributed by atoms with E-state index < -0.39 is 11.8 Å². The number of carbonyl (C=O) groups excluding carboxylic acids is 2. The van der Waals surface area contributed by atoms with Crippen molar-refractivity contribution in [2.75, 3.05) is 13.1 Å². The summed E-state index contributed by atoms with van der Waals surface area (Å²) in [4.78, 5) is 25.8. The molecule has 1 amide bonds. The van der Waals surface area contributed by atoms with E-state index >= 15 is 0 Å². The largest absolute Gasteiger partial charge is 0.488 e. The molecule has 2 aromatic rings. The quantitative estimate of drug-likeness (QED) is 0.698. The fourth-order valence-corrected chi connectivity index (χ4v) is 3.91. The van der Waals surface area contributed by atoms with Crippen LogP contribution in [0.3, 0.4) is 0 Å². The number of rotatable bonds is 5. The minimum Gasteiger partial charge on any atom is -0.488 e. The molecule has 8 heteroatoms. The van der Waals surface area contributed by atoms with Crippen LogP contribution in [0.1, 0.15) is 22.5 Å². The van der Waals surface area contributed by atoms with Gasteiger partial charge in [-0.05, 0) is 30.7 Å². The second kappa shape index (κ2) is 7.83. The zero-order valence-electron chi connectivity index (χ0n) is 15.8. The number of hydrogen-bond donors (Lipinski definition) is 0. The maximum absolute atomic E-state index is 14.1. The molecule has 0 N–H and O–H groups in total. The van der Waals surface area contributed by atoms with E-state index in [1.807, 2.05) is 6.08 Å². The van der Waals surface area contributed by atoms with Crippen molar-refractivity contribution >= 4 is 23.8 Å². The zero-order chi connectivity index (χ0) is 20.5. The number of benzene rings is 1. The summed E-state index contributed by atoms with van der Waals surface area (Å²) in [5.41, 5.74) is 2.32. The molecule has 1 aliphatic carbocycles. The third kappa shape index (κ3) is 3.58. The molecule has 0 saturated heterocycles. The number of aromatic nitrogens is 2. The van der Waals surface area contributed by atoms with Crippen molar-refractivity contribution in [3.8, 4) is 17.0 Å². The van der Waals surface area contributed by atoms with E-state index in [9.17, 15) is 14.0 Å². The van der Waals surface area contributed by atoms with E-state index in [-0.39, 0.29) is 31.2 Å². The molecule has 0 spiro atoms. The third-order valence-corrected chi connectivity index (χ3v) is 5.38. The van der Waals surface area contributed by atoms with Gasteiger partial charge in [0.1, 0.15) is 24.5 Å². The van der Waals surface area contributed by atoms with Crippen LogP contribution in [-0.2, 0) is 18.4 Å². The Morgan fingerprint density at radius 2 is 2.31 bits per heavy atom. The van der Waals surface area contributed by atoms with Crippen molar-refractivity contribution in [1.82, 2.24) is 14.7 Å². The van der Waals surface area contributed by atoms with Gasteiger partial charge in [0.05, 0.1) is 12.2 Å². The van der Waals surface area contributed by atoms with Gasteiger partial charge in [-0.15, -0.1) is 0 Å². The second-order valence-electron chi connectivity index (χ2n) is 7.02. The van der Waals surface area contributed by atoms with E-state index in [2.05, 4.69) is 5.10 Å². The Morgan fingerprint density at radius 1 is 1.48 bits per heavy atom. The van der Waals surface area contributed by atoms with Gasteiger partial charge >= 0.3 is 0 Å². The monoisotopic (exact) mass is 415 g/mol. The first-order valence-electron chi connectivity index (χ1n) is 9.23. The number of allylic oxidation sites excluding steroid dienone is 3. The Kier molecular flexibility index (Phi) is 5.24. The van der Waals surface area contributed by atoms with Gasteiger partial charge in [0, 0.05) is 35.7 Å². The maximum atomic E-state index is 14.1. The molecule has 2 aliphatic rings. The summed E-state index contributed by atoms with van der Waals surface area (Å²) in [5, 5.41) is 4.95. The summed E-state index contributed by atoms with van der Waals surface area (Å²) < 4.78 is 21.5. The van der Waals surface area contributed by atoms with E-state index in [4.69, 9.17) is 16.3 Å². The molecule has 0 radical (unpaired) electrons. The van der Waals surface area contributed by atoms with Crippen LogP contribution in [0.5, 0.6) is 5.75 Å². The molecule has 6 nitrogen and oxygen atoms in total. The minimum atomic E-state index is -0.473. The number of amides is 1. The molecule has 0 bridgehead atoms. The van der Waals surface area contributed by atoms with Crippen LogP contribution in [0.25, 0.3) is 11.3 Å². The second-order valence-corrected chi connectivity index (χ2v) is 7.45. The van der Waals surface area contributed by atoms with Crippen molar-refractivity contribution < 1.29 is 18.7 Å². The van der Waals surface area contributed by atoms with Gasteiger partial charge in [0.15, 0.2) is 5.69 Å². The van der Waals surface area contributed by atoms with Crippen LogP contribution in [0.2, 0.25) is 5.02 Å². The van der Waals surface area contributed by atoms with Crippen LogP contribution >= 0.6 is 11.6 Å². The topological polar surface area (TPSA) is 64.4 Å². The third-order valence-electron chi connectivity index (χ3n) is 5.14. The normalized spacial score (nSPS) is 17.1. The summed E-state index contributed by atoms with van der Waals surface area (Å²) in [6.45, 7) is 0.133. The van der Waals surface area contributed by atoms with Gasteiger partial charge < -0.3 is 14.4 Å². The summed E-state index contributed by atoms with van der Waals surface area (Å²) in [5.74, 6) is -0.536. The fraction of sp³-hybridized carbons (Fsp3) is 0.286. The first kappa shape index (κ1) is 19.4. The van der Waals surface area contributed by atoms with Gasteiger partial charge in [-0.3, -0.25) is 9.48 Å². The van der Waals surface area contributed by atoms with Crippen LogP contribution < -0.4 is 4.74 Å². The Morgan fingerprint density at radius 3 is 3.07 bits per heavy atom. The van der Waals surface area contributed by atoms with Gasteiger partial charge in [0.2, 0.25) is 0 Å². The van der Waals surface area contributed by atoms with Crippen molar-refractivity contribution in [1.29, 1.82) is 0 Å². The van der Waals surface area contributed by atoms with Crippen LogP contribution in [0.4, 0.5) is 4.39 Å². The lowest BCUT2D eigenvalue weighted by Crippen LogP contribution is -2.38. The predicted molar refractivity (Wildman–Crippen MR) is 106 cm³/mol. The molecule has 1 aromatic carbocycles. The molecule has 2 heterocycles. The molecule has 0 saturated carbocycles. The highest BCUT2D eigenvalue weighted by atomic mass is 35.5. The Balaban J connectivity index is 1.68. The lowest BCUT2D eigenvalue weighted by atomic mass is 9.98. The smallest absolute Gasteiger partial charge is 0.275 e. The van der Waals surface area contributed by atoms with Gasteiger partial charge in [0.25, 0.3) is 5.91 Å². The summed E-state index contributed by atoms with van der Waals surface area (Å²) >= 11 is 6.13. The molecule has 4 rings (SSSR count). The van der Waals surface area contributed by atoms with E-state index in [0.717, 1.165) is 11.3 Å². The lowest BCUT2D eigenvalue weighted by Gasteiger charge is -2.26. The van der Waals surface area contributed by atoms with Crippen LogP contribution in [0.15, 0.2) is 42.3 Å². The van der Waals surface area contributed by atoms with E-state index in [1.54, 1.807) is 36.0 Å². The Hall–Kier alpha value is -2.93. The molecule has 1 unspecified atom stereocenters. The van der Waals surface area contributed by atoms with Crippen molar-refractivity contribution in [2.45, 2.75) is 13.0 Å². The minimum absolute atomic E-state index is 0.0961. The number of aldehydes is 1. The first-order chi connectivity index (χ1) is 14.0. The first-order valence-corrected chi connectivity index (χ1v) is 9.61. The maximum Gasteiger partial charge on any atom is 0.275 e. The standard InChI is InChI=1S/C21H19ClFN3O3/c1-25-20-15-10-14(22)6-7-18(15)29-12-16(20)19(24-25)21(28)26(8-9-27)11-13-4-2-3-5-17(13)23/h2-3,5-7,9-10,13H,4,8,11-12H2,1H3. The summed E-state index contributed by atoms with van der Waals surface area (Å²) in [6.07, 6.45) is 5.98. The molecular weight excluding hydrogens is 397 g/mol. The van der Waals surface area contributed by atoms with E-state index in [0.29, 0.717) is 29.0 Å². The number of ether oxygens (including phenoxy) is 1. The van der Waals surface area contributed by atoms with Crippen molar-refractivity contribution in [3.63, 3.8) is 0 Å². The number of fused-ring (bicyclic) bond motifs is 3. The Bertz CT molecular complexity index is 1040. The molecule has 29 heavy (non-hydrogen) atoms. The van der Waals surface area contributed by atoms with Crippen molar-refractivity contribution in [3.05, 3.63) is 58.5 Å². The Labute approximate surface area is 172 Å². The SMILES string of the molecule is Cn1nc(C(=O)N(CC=O)CC2CC=CC=C2F)c2c1-c1cc(Cl)ccc1OC2. The molecule has 1 aromatic heterocycles. The summed E-state index contributed by atoms with van der Waals surface area (Å²) in [6, 6.07) is 5.28. The lowest BCUT2D eigenvalue weighted by molar-refractivity contribution is -0.108. The highest BCUT2D eigenvalue weighted by molar-refractivity contribution is 6.31. The number of nitrogens with zero attached hydrogens (tertiary/aromatic N) is 3. The fourth-order valence-electron chi connectivity index (χ4n) is 3.74. The average Bonchev–Trinajstić information content (AvgIpc) is 3.05.